The van der Waals surface area contributed by atoms with Gasteiger partial charge in [0.15, 0.2) is 0 Å². The highest BCUT2D eigenvalue weighted by molar-refractivity contribution is 5.86. The Labute approximate surface area is 226 Å². The number of pyridine rings is 1. The molecule has 1 fully saturated rings. The van der Waals surface area contributed by atoms with Crippen molar-refractivity contribution >= 4 is 10.8 Å². The molecule has 5 heteroatoms. The number of piperidine rings is 1. The Kier molecular flexibility index (Phi) is 8.08. The van der Waals surface area contributed by atoms with Crippen molar-refractivity contribution in [2.24, 2.45) is 0 Å². The average molecular weight is 510 g/mol. The lowest BCUT2D eigenvalue weighted by Gasteiger charge is -2.39. The van der Waals surface area contributed by atoms with Crippen LogP contribution in [0.1, 0.15) is 53.4 Å². The van der Waals surface area contributed by atoms with Crippen LogP contribution in [-0.4, -0.2) is 55.8 Å². The minimum absolute atomic E-state index is 0.376. The van der Waals surface area contributed by atoms with Crippen molar-refractivity contribution in [1.29, 1.82) is 0 Å². The van der Waals surface area contributed by atoms with Gasteiger partial charge in [0, 0.05) is 24.2 Å². The highest BCUT2D eigenvalue weighted by atomic mass is 16.5. The van der Waals surface area contributed by atoms with Gasteiger partial charge in [0.1, 0.15) is 5.60 Å². The summed E-state index contributed by atoms with van der Waals surface area (Å²) in [5.41, 5.74) is 2.92. The van der Waals surface area contributed by atoms with Crippen LogP contribution in [0, 0.1) is 0 Å². The van der Waals surface area contributed by atoms with E-state index in [1.165, 1.54) is 5.56 Å². The molecule has 0 bridgehead atoms. The lowest BCUT2D eigenvalue weighted by molar-refractivity contribution is 0.00512. The van der Waals surface area contributed by atoms with E-state index >= 15 is 0 Å². The molecule has 2 N–H and O–H groups in total. The van der Waals surface area contributed by atoms with E-state index in [1.54, 1.807) is 7.11 Å². The second-order valence-electron chi connectivity index (χ2n) is 10.7. The summed E-state index contributed by atoms with van der Waals surface area (Å²) in [5.74, 6) is 0.635. The maximum Gasteiger partial charge on any atom is 0.216 e. The molecule has 2 unspecified atom stereocenters. The van der Waals surface area contributed by atoms with Crippen LogP contribution in [0.5, 0.6) is 5.88 Å². The molecule has 5 rings (SSSR count). The van der Waals surface area contributed by atoms with E-state index in [9.17, 15) is 5.11 Å². The minimum atomic E-state index is -1.21. The van der Waals surface area contributed by atoms with Crippen LogP contribution < -0.4 is 10.1 Å². The summed E-state index contributed by atoms with van der Waals surface area (Å²) in [6, 6.07) is 27.2. The third kappa shape index (κ3) is 5.32. The van der Waals surface area contributed by atoms with Crippen LogP contribution in [0.4, 0.5) is 0 Å². The van der Waals surface area contributed by atoms with Crippen LogP contribution in [0.15, 0.2) is 85.1 Å². The zero-order valence-corrected chi connectivity index (χ0v) is 22.7. The standard InChI is InChI=1S/C33H39N3O2/c1-36(2)21-18-33(37,30-15-9-13-25-10-7-8-14-28(25)30)31(26-11-5-4-6-12-26)29-22-27(23-35-32(29)38-3)24-16-19-34-20-17-24/h4-15,22-24,31,34,37H,16-21H2,1-3H3. The SMILES string of the molecule is COc1ncc(C2CCNCC2)cc1C(c1ccccc1)C(O)(CCN(C)C)c1cccc2ccccc12. The number of aliphatic hydroxyl groups is 1. The van der Waals surface area contributed by atoms with E-state index in [4.69, 9.17) is 9.72 Å². The van der Waals surface area contributed by atoms with Crippen molar-refractivity contribution in [3.05, 3.63) is 107 Å². The summed E-state index contributed by atoms with van der Waals surface area (Å²) in [6.45, 7) is 2.75. The normalized spacial score (nSPS) is 16.9. The fraction of sp³-hybridized carbons (Fsp3) is 0.364. The van der Waals surface area contributed by atoms with Gasteiger partial charge in [0.2, 0.25) is 5.88 Å². The molecule has 1 saturated heterocycles. The number of nitrogens with one attached hydrogen (secondary N) is 1. The second kappa shape index (κ2) is 11.6. The third-order valence-corrected chi connectivity index (χ3v) is 8.02. The number of hydrogen-bond donors (Lipinski definition) is 2. The van der Waals surface area contributed by atoms with Crippen molar-refractivity contribution in [3.8, 4) is 5.88 Å². The third-order valence-electron chi connectivity index (χ3n) is 8.02. The number of nitrogens with zero attached hydrogens (tertiary/aromatic N) is 2. The molecule has 1 aliphatic heterocycles. The van der Waals surface area contributed by atoms with Gasteiger partial charge in [0.05, 0.1) is 7.11 Å². The molecule has 2 heterocycles. The minimum Gasteiger partial charge on any atom is -0.481 e. The van der Waals surface area contributed by atoms with Crippen molar-refractivity contribution in [2.75, 3.05) is 40.8 Å². The highest BCUT2D eigenvalue weighted by Gasteiger charge is 2.43. The fourth-order valence-electron chi connectivity index (χ4n) is 6.03. The summed E-state index contributed by atoms with van der Waals surface area (Å²) in [4.78, 5) is 6.96. The Balaban J connectivity index is 1.76. The summed E-state index contributed by atoms with van der Waals surface area (Å²) < 4.78 is 5.89. The zero-order chi connectivity index (χ0) is 26.5. The lowest BCUT2D eigenvalue weighted by Crippen LogP contribution is -2.38. The van der Waals surface area contributed by atoms with Gasteiger partial charge in [-0.1, -0.05) is 72.8 Å². The van der Waals surface area contributed by atoms with Crippen LogP contribution in [0.3, 0.4) is 0 Å². The van der Waals surface area contributed by atoms with Crippen molar-refractivity contribution in [1.82, 2.24) is 15.2 Å². The number of aromatic nitrogens is 1. The first-order chi connectivity index (χ1) is 18.5. The van der Waals surface area contributed by atoms with E-state index in [1.807, 2.05) is 24.4 Å². The molecular weight excluding hydrogens is 470 g/mol. The Morgan fingerprint density at radius 1 is 1.00 bits per heavy atom. The Bertz CT molecular complexity index is 1350. The maximum absolute atomic E-state index is 13.1. The smallest absolute Gasteiger partial charge is 0.216 e. The van der Waals surface area contributed by atoms with Crippen LogP contribution in [-0.2, 0) is 5.60 Å². The molecule has 0 amide bonds. The fourth-order valence-corrected chi connectivity index (χ4v) is 6.03. The molecule has 0 spiro atoms. The van der Waals surface area contributed by atoms with Crippen molar-refractivity contribution in [3.63, 3.8) is 0 Å². The quantitative estimate of drug-likeness (QED) is 0.304. The zero-order valence-electron chi connectivity index (χ0n) is 22.7. The molecule has 0 radical (unpaired) electrons. The number of hydrogen-bond acceptors (Lipinski definition) is 5. The Hall–Kier alpha value is -3.25. The predicted molar refractivity (Wildman–Crippen MR) is 155 cm³/mol. The highest BCUT2D eigenvalue weighted by Crippen LogP contribution is 2.49. The Morgan fingerprint density at radius 2 is 1.71 bits per heavy atom. The van der Waals surface area contributed by atoms with Crippen LogP contribution >= 0.6 is 0 Å². The van der Waals surface area contributed by atoms with E-state index in [-0.39, 0.29) is 5.92 Å². The Morgan fingerprint density at radius 3 is 2.45 bits per heavy atom. The topological polar surface area (TPSA) is 57.6 Å². The van der Waals surface area contributed by atoms with Crippen LogP contribution in [0.25, 0.3) is 10.8 Å². The maximum atomic E-state index is 13.1. The van der Waals surface area contributed by atoms with Gasteiger partial charge >= 0.3 is 0 Å². The number of fused-ring (bicyclic) bond motifs is 1. The summed E-state index contributed by atoms with van der Waals surface area (Å²) in [7, 11) is 5.79. The number of ether oxygens (including phenoxy) is 1. The first-order valence-electron chi connectivity index (χ1n) is 13.7. The van der Waals surface area contributed by atoms with Gasteiger partial charge in [-0.05, 0) is 85.9 Å². The van der Waals surface area contributed by atoms with E-state index in [2.05, 4.69) is 85.0 Å². The van der Waals surface area contributed by atoms with Crippen molar-refractivity contribution in [2.45, 2.75) is 36.7 Å². The number of rotatable bonds is 9. The molecule has 198 valence electrons. The van der Waals surface area contributed by atoms with Crippen molar-refractivity contribution < 1.29 is 9.84 Å². The molecule has 4 aromatic rings. The second-order valence-corrected chi connectivity index (χ2v) is 10.7. The molecule has 3 aromatic carbocycles. The molecule has 5 nitrogen and oxygen atoms in total. The largest absolute Gasteiger partial charge is 0.481 e. The van der Waals surface area contributed by atoms with Crippen LogP contribution in [0.2, 0.25) is 0 Å². The first-order valence-corrected chi connectivity index (χ1v) is 13.7. The van der Waals surface area contributed by atoms with E-state index in [0.717, 1.165) is 59.9 Å². The number of benzene rings is 3. The predicted octanol–water partition coefficient (Wildman–Crippen LogP) is 5.68. The van der Waals surface area contributed by atoms with Gasteiger partial charge in [-0.3, -0.25) is 0 Å². The van der Waals surface area contributed by atoms with E-state index < -0.39 is 5.60 Å². The van der Waals surface area contributed by atoms with Gasteiger partial charge in [-0.25, -0.2) is 4.98 Å². The molecular formula is C33H39N3O2. The summed E-state index contributed by atoms with van der Waals surface area (Å²) in [5, 5.41) is 18.8. The molecule has 1 aliphatic rings. The molecule has 0 saturated carbocycles. The molecule has 1 aromatic heterocycles. The van der Waals surface area contributed by atoms with Gasteiger partial charge < -0.3 is 20.1 Å². The molecule has 2 atom stereocenters. The molecule has 38 heavy (non-hydrogen) atoms. The van der Waals surface area contributed by atoms with E-state index in [0.29, 0.717) is 18.2 Å². The first kappa shape index (κ1) is 26.4. The van der Waals surface area contributed by atoms with Gasteiger partial charge in [0.25, 0.3) is 0 Å². The summed E-state index contributed by atoms with van der Waals surface area (Å²) in [6.07, 6.45) is 4.68. The monoisotopic (exact) mass is 509 g/mol. The number of methoxy groups -OCH3 is 1. The molecule has 0 aliphatic carbocycles. The van der Waals surface area contributed by atoms with Gasteiger partial charge in [-0.2, -0.15) is 0 Å². The lowest BCUT2D eigenvalue weighted by atomic mass is 9.70. The average Bonchev–Trinajstić information content (AvgIpc) is 2.97. The van der Waals surface area contributed by atoms with Gasteiger partial charge in [-0.15, -0.1) is 0 Å². The summed E-state index contributed by atoms with van der Waals surface area (Å²) >= 11 is 0.